The number of halogens is 1. The molecule has 1 unspecified atom stereocenters. The van der Waals surface area contributed by atoms with E-state index in [2.05, 4.69) is 0 Å². The Kier molecular flexibility index (Phi) is 4.42. The van der Waals surface area contributed by atoms with Crippen molar-refractivity contribution in [2.45, 2.75) is 43.9 Å². The molecule has 0 aromatic heterocycles. The number of hydrogen-bond acceptors (Lipinski definition) is 4. The molecule has 1 aromatic carbocycles. The number of benzene rings is 1. The normalized spacial score (nSPS) is 25.0. The molecular formula is C16H22FNO3. The number of hydrogen-bond donors (Lipinski definition) is 1. The lowest BCUT2D eigenvalue weighted by molar-refractivity contribution is -0.156. The molecule has 1 aromatic rings. The second kappa shape index (κ2) is 6.30. The molecule has 2 aliphatic rings. The average molecular weight is 295 g/mol. The zero-order valence-electron chi connectivity index (χ0n) is 12.1. The van der Waals surface area contributed by atoms with Crippen LogP contribution >= 0.6 is 0 Å². The molecule has 2 fully saturated rings. The van der Waals surface area contributed by atoms with Crippen molar-refractivity contribution < 1.29 is 18.6 Å². The summed E-state index contributed by atoms with van der Waals surface area (Å²) in [6.07, 6.45) is 3.30. The van der Waals surface area contributed by atoms with Crippen LogP contribution in [0.2, 0.25) is 0 Å². The van der Waals surface area contributed by atoms with Gasteiger partial charge in [0.15, 0.2) is 11.6 Å². The van der Waals surface area contributed by atoms with E-state index in [4.69, 9.17) is 19.9 Å². The Bertz CT molecular complexity index is 483. The Balaban J connectivity index is 1.73. The van der Waals surface area contributed by atoms with E-state index < -0.39 is 0 Å². The second-order valence-corrected chi connectivity index (χ2v) is 5.81. The maximum atomic E-state index is 14.0. The molecule has 116 valence electrons. The minimum atomic E-state index is -0.342. The van der Waals surface area contributed by atoms with Crippen molar-refractivity contribution in [3.05, 3.63) is 29.6 Å². The smallest absolute Gasteiger partial charge is 0.165 e. The van der Waals surface area contributed by atoms with Crippen LogP contribution in [0, 0.1) is 5.82 Å². The zero-order chi connectivity index (χ0) is 14.7. The van der Waals surface area contributed by atoms with E-state index in [1.165, 1.54) is 6.07 Å². The predicted molar refractivity (Wildman–Crippen MR) is 76.7 cm³/mol. The highest BCUT2D eigenvalue weighted by molar-refractivity contribution is 5.35. The van der Waals surface area contributed by atoms with Crippen LogP contribution < -0.4 is 10.5 Å². The standard InChI is InChI=1S/C16H22FNO3/c17-14-3-1-2-12(11-18)15(14)21-13-4-7-20-16(10-13)5-8-19-9-6-16/h1-3,13H,4-11,18H2. The Morgan fingerprint density at radius 1 is 1.29 bits per heavy atom. The summed E-state index contributed by atoms with van der Waals surface area (Å²) in [5.41, 5.74) is 6.23. The van der Waals surface area contributed by atoms with Gasteiger partial charge < -0.3 is 19.9 Å². The van der Waals surface area contributed by atoms with E-state index in [-0.39, 0.29) is 24.1 Å². The lowest BCUT2D eigenvalue weighted by Crippen LogP contribution is -2.47. The summed E-state index contributed by atoms with van der Waals surface area (Å²) >= 11 is 0. The second-order valence-electron chi connectivity index (χ2n) is 5.81. The third-order valence-corrected chi connectivity index (χ3v) is 4.40. The highest BCUT2D eigenvalue weighted by Gasteiger charge is 2.40. The van der Waals surface area contributed by atoms with Gasteiger partial charge in [-0.3, -0.25) is 0 Å². The fourth-order valence-corrected chi connectivity index (χ4v) is 3.19. The molecule has 0 bridgehead atoms. The first-order chi connectivity index (χ1) is 10.2. The minimum absolute atomic E-state index is 0.0287. The van der Waals surface area contributed by atoms with Crippen molar-refractivity contribution in [1.82, 2.24) is 0 Å². The number of nitrogens with two attached hydrogens (primary N) is 1. The van der Waals surface area contributed by atoms with Crippen LogP contribution in [-0.2, 0) is 16.0 Å². The third-order valence-electron chi connectivity index (χ3n) is 4.40. The Morgan fingerprint density at radius 3 is 2.86 bits per heavy atom. The van der Waals surface area contributed by atoms with E-state index >= 15 is 0 Å². The Hall–Kier alpha value is -1.17. The van der Waals surface area contributed by atoms with Crippen LogP contribution in [0.3, 0.4) is 0 Å². The third kappa shape index (κ3) is 3.20. The van der Waals surface area contributed by atoms with Crippen LogP contribution in [0.4, 0.5) is 4.39 Å². The van der Waals surface area contributed by atoms with Crippen LogP contribution in [0.15, 0.2) is 18.2 Å². The molecule has 0 saturated carbocycles. The molecule has 21 heavy (non-hydrogen) atoms. The lowest BCUT2D eigenvalue weighted by Gasteiger charge is -2.43. The fraction of sp³-hybridized carbons (Fsp3) is 0.625. The van der Waals surface area contributed by atoms with Gasteiger partial charge in [-0.25, -0.2) is 4.39 Å². The fourth-order valence-electron chi connectivity index (χ4n) is 3.19. The molecule has 2 saturated heterocycles. The van der Waals surface area contributed by atoms with E-state index in [0.29, 0.717) is 17.9 Å². The van der Waals surface area contributed by atoms with Gasteiger partial charge in [0.1, 0.15) is 6.10 Å². The molecule has 1 atom stereocenters. The van der Waals surface area contributed by atoms with E-state index in [0.717, 1.165) is 38.9 Å². The van der Waals surface area contributed by atoms with Gasteiger partial charge in [-0.15, -0.1) is 0 Å². The highest BCUT2D eigenvalue weighted by atomic mass is 19.1. The molecule has 0 amide bonds. The molecule has 0 radical (unpaired) electrons. The summed E-state index contributed by atoms with van der Waals surface area (Å²) in [7, 11) is 0. The number of ether oxygens (including phenoxy) is 3. The lowest BCUT2D eigenvalue weighted by atomic mass is 9.85. The summed E-state index contributed by atoms with van der Waals surface area (Å²) in [4.78, 5) is 0. The molecular weight excluding hydrogens is 273 g/mol. The zero-order valence-corrected chi connectivity index (χ0v) is 12.1. The minimum Gasteiger partial charge on any atom is -0.487 e. The van der Waals surface area contributed by atoms with Gasteiger partial charge in [0.05, 0.1) is 12.2 Å². The molecule has 2 N–H and O–H groups in total. The number of para-hydroxylation sites is 1. The topological polar surface area (TPSA) is 53.7 Å². The monoisotopic (exact) mass is 295 g/mol. The summed E-state index contributed by atoms with van der Waals surface area (Å²) in [6, 6.07) is 4.88. The molecule has 0 aliphatic carbocycles. The van der Waals surface area contributed by atoms with Crippen molar-refractivity contribution in [2.24, 2.45) is 5.73 Å². The summed E-state index contributed by atoms with van der Waals surface area (Å²) in [5, 5.41) is 0. The van der Waals surface area contributed by atoms with E-state index in [1.54, 1.807) is 6.07 Å². The Labute approximate surface area is 124 Å². The summed E-state index contributed by atoms with van der Waals surface area (Å²) in [6.45, 7) is 2.37. The van der Waals surface area contributed by atoms with Crippen LogP contribution in [0.5, 0.6) is 5.75 Å². The van der Waals surface area contributed by atoms with Gasteiger partial charge in [-0.1, -0.05) is 12.1 Å². The van der Waals surface area contributed by atoms with Gasteiger partial charge in [0.25, 0.3) is 0 Å². The van der Waals surface area contributed by atoms with Crippen molar-refractivity contribution in [2.75, 3.05) is 19.8 Å². The van der Waals surface area contributed by atoms with Crippen LogP contribution in [-0.4, -0.2) is 31.5 Å². The summed E-state index contributed by atoms with van der Waals surface area (Å²) in [5.74, 6) is -0.0421. The van der Waals surface area contributed by atoms with Crippen molar-refractivity contribution in [3.8, 4) is 5.75 Å². The largest absolute Gasteiger partial charge is 0.487 e. The summed E-state index contributed by atoms with van der Waals surface area (Å²) < 4.78 is 31.3. The maximum absolute atomic E-state index is 14.0. The molecule has 3 rings (SSSR count). The molecule has 2 heterocycles. The van der Waals surface area contributed by atoms with Crippen molar-refractivity contribution in [1.29, 1.82) is 0 Å². The first kappa shape index (κ1) is 14.8. The van der Waals surface area contributed by atoms with Gasteiger partial charge in [-0.05, 0) is 18.9 Å². The Morgan fingerprint density at radius 2 is 2.10 bits per heavy atom. The molecule has 1 spiro atoms. The first-order valence-corrected chi connectivity index (χ1v) is 7.58. The first-order valence-electron chi connectivity index (χ1n) is 7.58. The van der Waals surface area contributed by atoms with Gasteiger partial charge in [0.2, 0.25) is 0 Å². The molecule has 4 nitrogen and oxygen atoms in total. The SMILES string of the molecule is NCc1cccc(F)c1OC1CCOC2(CCOCC2)C1. The van der Waals surface area contributed by atoms with Crippen molar-refractivity contribution >= 4 is 0 Å². The van der Waals surface area contributed by atoms with Gasteiger partial charge in [0, 0.05) is 38.2 Å². The molecule has 5 heteroatoms. The van der Waals surface area contributed by atoms with Crippen LogP contribution in [0.1, 0.15) is 31.2 Å². The van der Waals surface area contributed by atoms with Gasteiger partial charge >= 0.3 is 0 Å². The highest BCUT2D eigenvalue weighted by Crippen LogP contribution is 2.36. The van der Waals surface area contributed by atoms with Gasteiger partial charge in [-0.2, -0.15) is 0 Å². The maximum Gasteiger partial charge on any atom is 0.165 e. The number of rotatable bonds is 3. The van der Waals surface area contributed by atoms with Crippen molar-refractivity contribution in [3.63, 3.8) is 0 Å². The predicted octanol–water partition coefficient (Wildman–Crippen LogP) is 2.39. The van der Waals surface area contributed by atoms with E-state index in [9.17, 15) is 4.39 Å². The van der Waals surface area contributed by atoms with E-state index in [1.807, 2.05) is 6.07 Å². The van der Waals surface area contributed by atoms with Crippen LogP contribution in [0.25, 0.3) is 0 Å². The molecule has 2 aliphatic heterocycles. The average Bonchev–Trinajstić information content (AvgIpc) is 2.50. The quantitative estimate of drug-likeness (QED) is 0.930.